The number of aromatic nitrogens is 5. The predicted molar refractivity (Wildman–Crippen MR) is 143 cm³/mol. The van der Waals surface area contributed by atoms with Gasteiger partial charge in [0.25, 0.3) is 0 Å². The number of nitrogens with one attached hydrogen (secondary N) is 1. The van der Waals surface area contributed by atoms with Gasteiger partial charge in [-0.2, -0.15) is 0 Å². The van der Waals surface area contributed by atoms with Crippen molar-refractivity contribution in [1.82, 2.24) is 34.7 Å². The number of amides is 1. The molecule has 0 bridgehead atoms. The number of nitrogens with zero attached hydrogens (tertiary/aromatic N) is 7. The van der Waals surface area contributed by atoms with Crippen molar-refractivity contribution >= 4 is 22.8 Å². The van der Waals surface area contributed by atoms with Gasteiger partial charge in [-0.15, -0.1) is 0 Å². The van der Waals surface area contributed by atoms with Gasteiger partial charge in [0.1, 0.15) is 11.6 Å². The lowest BCUT2D eigenvalue weighted by Crippen LogP contribution is -2.48. The summed E-state index contributed by atoms with van der Waals surface area (Å²) in [6.45, 7) is 4.38. The highest BCUT2D eigenvalue weighted by molar-refractivity contribution is 5.81. The van der Waals surface area contributed by atoms with Crippen LogP contribution < -0.4 is 4.90 Å². The van der Waals surface area contributed by atoms with E-state index in [9.17, 15) is 4.79 Å². The Morgan fingerprint density at radius 2 is 1.81 bits per heavy atom. The summed E-state index contributed by atoms with van der Waals surface area (Å²) in [5.41, 5.74) is 5.05. The summed E-state index contributed by atoms with van der Waals surface area (Å²) in [7, 11) is 3.94. The largest absolute Gasteiger partial charge is 0.363 e. The highest BCUT2D eigenvalue weighted by atomic mass is 16.2. The van der Waals surface area contributed by atoms with Crippen molar-refractivity contribution in [1.29, 1.82) is 0 Å². The molecule has 2 aliphatic rings. The van der Waals surface area contributed by atoms with E-state index in [4.69, 9.17) is 4.98 Å². The third-order valence-electron chi connectivity index (χ3n) is 7.13. The minimum absolute atomic E-state index is 0.307. The number of piperazine rings is 1. The monoisotopic (exact) mass is 496 g/mol. The third kappa shape index (κ3) is 5.32. The average Bonchev–Trinajstić information content (AvgIpc) is 3.68. The first kappa shape index (κ1) is 23.5. The topological polar surface area (TPSA) is 94.1 Å². The first-order chi connectivity index (χ1) is 18.0. The fourth-order valence-corrected chi connectivity index (χ4v) is 4.89. The van der Waals surface area contributed by atoms with Gasteiger partial charge in [0.05, 0.1) is 11.0 Å². The van der Waals surface area contributed by atoms with Gasteiger partial charge in [-0.3, -0.25) is 14.7 Å². The van der Waals surface area contributed by atoms with Crippen LogP contribution in [0.3, 0.4) is 0 Å². The summed E-state index contributed by atoms with van der Waals surface area (Å²) >= 11 is 0. The lowest BCUT2D eigenvalue weighted by atomic mass is 10.1. The summed E-state index contributed by atoms with van der Waals surface area (Å²) in [6, 6.07) is 12.2. The van der Waals surface area contributed by atoms with Gasteiger partial charge < -0.3 is 14.8 Å². The SMILES string of the molecule is CN(C)c1ccnc(-c2ccc3nc(Cc4cc(CN5CCN(C(=O)C6CC6)CC5)ccn4)[nH]c3c2)n1. The van der Waals surface area contributed by atoms with E-state index < -0.39 is 0 Å². The van der Waals surface area contributed by atoms with E-state index >= 15 is 0 Å². The molecule has 0 spiro atoms. The van der Waals surface area contributed by atoms with Crippen molar-refractivity contribution in [3.8, 4) is 11.4 Å². The molecule has 37 heavy (non-hydrogen) atoms. The van der Waals surface area contributed by atoms with Crippen LogP contribution in [-0.4, -0.2) is 80.9 Å². The number of carbonyl (C=O) groups excluding carboxylic acids is 1. The maximum absolute atomic E-state index is 12.3. The predicted octanol–water partition coefficient (Wildman–Crippen LogP) is 3.13. The lowest BCUT2D eigenvalue weighted by Gasteiger charge is -2.35. The first-order valence-corrected chi connectivity index (χ1v) is 13.0. The van der Waals surface area contributed by atoms with Crippen LogP contribution in [0.2, 0.25) is 0 Å². The number of rotatable bonds is 7. The number of benzene rings is 1. The zero-order valence-electron chi connectivity index (χ0n) is 21.4. The minimum Gasteiger partial charge on any atom is -0.363 e. The Balaban J connectivity index is 1.12. The molecule has 1 saturated heterocycles. The summed E-state index contributed by atoms with van der Waals surface area (Å²) in [5, 5.41) is 0. The van der Waals surface area contributed by atoms with Crippen LogP contribution >= 0.6 is 0 Å². The van der Waals surface area contributed by atoms with Crippen LogP contribution in [0.1, 0.15) is 29.9 Å². The second-order valence-corrected chi connectivity index (χ2v) is 10.3. The molecule has 6 rings (SSSR count). The van der Waals surface area contributed by atoms with E-state index in [0.717, 1.165) is 79.5 Å². The molecule has 3 aromatic heterocycles. The minimum atomic E-state index is 0.307. The van der Waals surface area contributed by atoms with Gasteiger partial charge in [0.2, 0.25) is 5.91 Å². The van der Waals surface area contributed by atoms with Gasteiger partial charge in [0.15, 0.2) is 5.82 Å². The molecule has 1 aliphatic heterocycles. The van der Waals surface area contributed by atoms with Crippen molar-refractivity contribution in [2.24, 2.45) is 5.92 Å². The second kappa shape index (κ2) is 9.89. The Kier molecular flexibility index (Phi) is 6.30. The highest BCUT2D eigenvalue weighted by Gasteiger charge is 2.34. The Morgan fingerprint density at radius 1 is 1.00 bits per heavy atom. The molecule has 1 aromatic carbocycles. The van der Waals surface area contributed by atoms with E-state index in [-0.39, 0.29) is 0 Å². The van der Waals surface area contributed by atoms with Crippen molar-refractivity contribution in [3.63, 3.8) is 0 Å². The number of anilines is 1. The molecule has 0 radical (unpaired) electrons. The summed E-state index contributed by atoms with van der Waals surface area (Å²) in [4.78, 5) is 40.7. The third-order valence-corrected chi connectivity index (χ3v) is 7.13. The average molecular weight is 497 g/mol. The van der Waals surface area contributed by atoms with E-state index in [1.165, 1.54) is 5.56 Å². The standard InChI is InChI=1S/C28H32N8O/c1-34(2)26-8-10-30-27(33-26)21-5-6-23-24(16-21)32-25(31-23)17-22-15-19(7-9-29-22)18-35-11-13-36(14-12-35)28(37)20-3-4-20/h5-10,15-16,20H,3-4,11-14,17-18H2,1-2H3,(H,31,32). The molecule has 1 N–H and O–H groups in total. The van der Waals surface area contributed by atoms with E-state index in [2.05, 4.69) is 43.0 Å². The molecule has 1 aliphatic carbocycles. The number of hydrogen-bond acceptors (Lipinski definition) is 7. The molecule has 4 heterocycles. The number of carbonyl (C=O) groups is 1. The smallest absolute Gasteiger partial charge is 0.225 e. The van der Waals surface area contributed by atoms with Gasteiger partial charge in [-0.05, 0) is 54.8 Å². The Hall–Kier alpha value is -3.85. The van der Waals surface area contributed by atoms with E-state index in [0.29, 0.717) is 24.1 Å². The second-order valence-electron chi connectivity index (χ2n) is 10.3. The normalized spacial score (nSPS) is 16.3. The van der Waals surface area contributed by atoms with Gasteiger partial charge in [0, 0.05) is 82.8 Å². The lowest BCUT2D eigenvalue weighted by molar-refractivity contribution is -0.134. The number of fused-ring (bicyclic) bond motifs is 1. The molecule has 4 aromatic rings. The number of pyridine rings is 1. The molecule has 9 heteroatoms. The molecule has 0 atom stereocenters. The molecular formula is C28H32N8O. The summed E-state index contributed by atoms with van der Waals surface area (Å²) < 4.78 is 0. The fourth-order valence-electron chi connectivity index (χ4n) is 4.89. The van der Waals surface area contributed by atoms with Crippen LogP contribution in [0.5, 0.6) is 0 Å². The van der Waals surface area contributed by atoms with Crippen LogP contribution in [0.4, 0.5) is 5.82 Å². The molecule has 1 amide bonds. The fraction of sp³-hybridized carbons (Fsp3) is 0.393. The van der Waals surface area contributed by atoms with Gasteiger partial charge in [-0.1, -0.05) is 0 Å². The van der Waals surface area contributed by atoms with Crippen molar-refractivity contribution in [3.05, 3.63) is 65.9 Å². The maximum atomic E-state index is 12.3. The number of aromatic amines is 1. The quantitative estimate of drug-likeness (QED) is 0.420. The maximum Gasteiger partial charge on any atom is 0.225 e. The Labute approximate surface area is 216 Å². The zero-order valence-corrected chi connectivity index (χ0v) is 21.4. The number of H-pyrrole nitrogens is 1. The van der Waals surface area contributed by atoms with Crippen molar-refractivity contribution < 1.29 is 4.79 Å². The zero-order chi connectivity index (χ0) is 25.4. The summed E-state index contributed by atoms with van der Waals surface area (Å²) in [6.07, 6.45) is 6.45. The van der Waals surface area contributed by atoms with Crippen LogP contribution in [0, 0.1) is 5.92 Å². The van der Waals surface area contributed by atoms with Crippen molar-refractivity contribution in [2.45, 2.75) is 25.8 Å². The first-order valence-electron chi connectivity index (χ1n) is 13.0. The Morgan fingerprint density at radius 3 is 2.59 bits per heavy atom. The molecular weight excluding hydrogens is 464 g/mol. The van der Waals surface area contributed by atoms with E-state index in [1.807, 2.05) is 48.3 Å². The molecule has 0 unspecified atom stereocenters. The van der Waals surface area contributed by atoms with Gasteiger partial charge >= 0.3 is 0 Å². The van der Waals surface area contributed by atoms with E-state index in [1.54, 1.807) is 6.20 Å². The molecule has 2 fully saturated rings. The van der Waals surface area contributed by atoms with Crippen LogP contribution in [0.25, 0.3) is 22.4 Å². The van der Waals surface area contributed by atoms with Crippen LogP contribution in [0.15, 0.2) is 48.8 Å². The molecule has 1 saturated carbocycles. The van der Waals surface area contributed by atoms with Crippen molar-refractivity contribution in [2.75, 3.05) is 45.2 Å². The number of imidazole rings is 1. The highest BCUT2D eigenvalue weighted by Crippen LogP contribution is 2.31. The van der Waals surface area contributed by atoms with Gasteiger partial charge in [-0.25, -0.2) is 15.0 Å². The molecule has 9 nitrogen and oxygen atoms in total. The molecule has 190 valence electrons. The summed E-state index contributed by atoms with van der Waals surface area (Å²) in [5.74, 6) is 3.11. The number of hydrogen-bond donors (Lipinski definition) is 1. The Bertz CT molecular complexity index is 1420. The van der Waals surface area contributed by atoms with Crippen LogP contribution in [-0.2, 0) is 17.8 Å².